The molecule has 1 aliphatic carbocycles. The van der Waals surface area contributed by atoms with Gasteiger partial charge in [0, 0.05) is 18.4 Å². The molecular weight excluding hydrogens is 158 g/mol. The standard InChI is InChI=1S/C12H19N/c1-2-11-6-5-7-12(10-11)13-8-3-4-9-13/h3-4,8-9,11-12H,2,5-7,10H2,1H3. The first-order valence-corrected chi connectivity index (χ1v) is 5.52. The zero-order valence-corrected chi connectivity index (χ0v) is 8.45. The van der Waals surface area contributed by atoms with E-state index in [9.17, 15) is 0 Å². The van der Waals surface area contributed by atoms with Crippen molar-refractivity contribution in [2.75, 3.05) is 0 Å². The average molecular weight is 177 g/mol. The Kier molecular flexibility index (Phi) is 2.72. The number of hydrogen-bond acceptors (Lipinski definition) is 0. The molecule has 1 heteroatoms. The van der Waals surface area contributed by atoms with Gasteiger partial charge in [0.2, 0.25) is 0 Å². The van der Waals surface area contributed by atoms with Gasteiger partial charge in [-0.25, -0.2) is 0 Å². The van der Waals surface area contributed by atoms with Gasteiger partial charge in [-0.3, -0.25) is 0 Å². The van der Waals surface area contributed by atoms with Crippen LogP contribution in [-0.2, 0) is 0 Å². The fraction of sp³-hybridized carbons (Fsp3) is 0.667. The zero-order chi connectivity index (χ0) is 9.10. The maximum atomic E-state index is 2.39. The Morgan fingerprint density at radius 3 is 2.69 bits per heavy atom. The fourth-order valence-electron chi connectivity index (χ4n) is 2.50. The monoisotopic (exact) mass is 177 g/mol. The lowest BCUT2D eigenvalue weighted by atomic mass is 9.84. The molecule has 1 fully saturated rings. The second-order valence-electron chi connectivity index (χ2n) is 4.22. The van der Waals surface area contributed by atoms with Crippen LogP contribution in [0.2, 0.25) is 0 Å². The molecule has 1 saturated carbocycles. The average Bonchev–Trinajstić information content (AvgIpc) is 2.71. The molecule has 0 amide bonds. The lowest BCUT2D eigenvalue weighted by Gasteiger charge is -2.29. The Labute approximate surface area is 80.8 Å². The van der Waals surface area contributed by atoms with E-state index in [-0.39, 0.29) is 0 Å². The summed E-state index contributed by atoms with van der Waals surface area (Å²) < 4.78 is 2.39. The van der Waals surface area contributed by atoms with Crippen LogP contribution in [0, 0.1) is 5.92 Å². The number of nitrogens with zero attached hydrogens (tertiary/aromatic N) is 1. The molecule has 72 valence electrons. The van der Waals surface area contributed by atoms with E-state index >= 15 is 0 Å². The maximum Gasteiger partial charge on any atom is 0.0333 e. The molecule has 0 aliphatic heterocycles. The van der Waals surface area contributed by atoms with Gasteiger partial charge in [0.15, 0.2) is 0 Å². The third-order valence-corrected chi connectivity index (χ3v) is 3.38. The minimum Gasteiger partial charge on any atom is -0.351 e. The van der Waals surface area contributed by atoms with E-state index in [1.807, 2.05) is 0 Å². The van der Waals surface area contributed by atoms with Crippen molar-refractivity contribution in [1.82, 2.24) is 4.57 Å². The van der Waals surface area contributed by atoms with Crippen molar-refractivity contribution in [3.63, 3.8) is 0 Å². The van der Waals surface area contributed by atoms with Gasteiger partial charge in [-0.2, -0.15) is 0 Å². The molecule has 0 bridgehead atoms. The largest absolute Gasteiger partial charge is 0.351 e. The lowest BCUT2D eigenvalue weighted by molar-refractivity contribution is 0.262. The molecule has 0 spiro atoms. The normalized spacial score (nSPS) is 29.0. The van der Waals surface area contributed by atoms with Gasteiger partial charge in [-0.1, -0.05) is 26.2 Å². The first-order valence-electron chi connectivity index (χ1n) is 5.52. The molecule has 2 rings (SSSR count). The summed E-state index contributed by atoms with van der Waals surface area (Å²) in [4.78, 5) is 0. The van der Waals surface area contributed by atoms with Crippen molar-refractivity contribution in [2.45, 2.75) is 45.1 Å². The molecule has 13 heavy (non-hydrogen) atoms. The zero-order valence-electron chi connectivity index (χ0n) is 8.45. The van der Waals surface area contributed by atoms with Crippen LogP contribution in [0.25, 0.3) is 0 Å². The van der Waals surface area contributed by atoms with Crippen LogP contribution in [0.15, 0.2) is 24.5 Å². The second-order valence-corrected chi connectivity index (χ2v) is 4.22. The predicted octanol–water partition coefficient (Wildman–Crippen LogP) is 3.63. The highest BCUT2D eigenvalue weighted by atomic mass is 15.0. The van der Waals surface area contributed by atoms with Crippen molar-refractivity contribution >= 4 is 0 Å². The highest BCUT2D eigenvalue weighted by Gasteiger charge is 2.20. The van der Waals surface area contributed by atoms with Crippen molar-refractivity contribution in [3.8, 4) is 0 Å². The lowest BCUT2D eigenvalue weighted by Crippen LogP contribution is -2.17. The predicted molar refractivity (Wildman–Crippen MR) is 55.7 cm³/mol. The smallest absolute Gasteiger partial charge is 0.0333 e. The molecule has 1 nitrogen and oxygen atoms in total. The summed E-state index contributed by atoms with van der Waals surface area (Å²) >= 11 is 0. The van der Waals surface area contributed by atoms with Crippen molar-refractivity contribution in [3.05, 3.63) is 24.5 Å². The van der Waals surface area contributed by atoms with Gasteiger partial charge in [-0.15, -0.1) is 0 Å². The van der Waals surface area contributed by atoms with E-state index < -0.39 is 0 Å². The van der Waals surface area contributed by atoms with Gasteiger partial charge in [-0.05, 0) is 30.9 Å². The topological polar surface area (TPSA) is 4.93 Å². The van der Waals surface area contributed by atoms with Crippen molar-refractivity contribution in [2.24, 2.45) is 5.92 Å². The van der Waals surface area contributed by atoms with E-state index in [0.717, 1.165) is 12.0 Å². The van der Waals surface area contributed by atoms with Crippen molar-refractivity contribution in [1.29, 1.82) is 0 Å². The maximum absolute atomic E-state index is 2.39. The highest BCUT2D eigenvalue weighted by molar-refractivity contribution is 4.94. The Morgan fingerprint density at radius 2 is 2.00 bits per heavy atom. The van der Waals surface area contributed by atoms with Gasteiger partial charge in [0.25, 0.3) is 0 Å². The van der Waals surface area contributed by atoms with Gasteiger partial charge in [0.05, 0.1) is 0 Å². The summed E-state index contributed by atoms with van der Waals surface area (Å²) in [6.07, 6.45) is 11.4. The summed E-state index contributed by atoms with van der Waals surface area (Å²) in [5.41, 5.74) is 0. The first kappa shape index (κ1) is 8.86. The second kappa shape index (κ2) is 3.99. The third-order valence-electron chi connectivity index (χ3n) is 3.38. The molecule has 1 aromatic rings. The Balaban J connectivity index is 2.00. The molecule has 1 aromatic heterocycles. The summed E-state index contributed by atoms with van der Waals surface area (Å²) in [5, 5.41) is 0. The molecule has 0 saturated heterocycles. The van der Waals surface area contributed by atoms with Gasteiger partial charge < -0.3 is 4.57 Å². The molecule has 0 radical (unpaired) electrons. The number of hydrogen-bond donors (Lipinski definition) is 0. The van der Waals surface area contributed by atoms with Crippen LogP contribution in [0.1, 0.15) is 45.1 Å². The van der Waals surface area contributed by atoms with E-state index in [1.54, 1.807) is 0 Å². The van der Waals surface area contributed by atoms with E-state index in [0.29, 0.717) is 0 Å². The summed E-state index contributed by atoms with van der Waals surface area (Å²) in [7, 11) is 0. The van der Waals surface area contributed by atoms with Gasteiger partial charge in [0.1, 0.15) is 0 Å². The summed E-state index contributed by atoms with van der Waals surface area (Å²) in [6.45, 7) is 2.32. The third kappa shape index (κ3) is 1.96. The Morgan fingerprint density at radius 1 is 1.23 bits per heavy atom. The first-order chi connectivity index (χ1) is 6.40. The number of aromatic nitrogens is 1. The molecule has 0 aromatic carbocycles. The number of rotatable bonds is 2. The van der Waals surface area contributed by atoms with E-state index in [4.69, 9.17) is 0 Å². The SMILES string of the molecule is CCC1CCCC(n2cccc2)C1. The fourth-order valence-corrected chi connectivity index (χ4v) is 2.50. The van der Waals surface area contributed by atoms with Crippen LogP contribution in [0.3, 0.4) is 0 Å². The minimum absolute atomic E-state index is 0.786. The van der Waals surface area contributed by atoms with Crippen LogP contribution >= 0.6 is 0 Å². The van der Waals surface area contributed by atoms with Crippen LogP contribution < -0.4 is 0 Å². The van der Waals surface area contributed by atoms with Crippen molar-refractivity contribution < 1.29 is 0 Å². The minimum atomic E-state index is 0.786. The molecule has 1 heterocycles. The van der Waals surface area contributed by atoms with Gasteiger partial charge >= 0.3 is 0 Å². The Bertz CT molecular complexity index is 238. The molecular formula is C12H19N. The molecule has 1 aliphatic rings. The molecule has 0 N–H and O–H groups in total. The molecule has 2 unspecified atom stereocenters. The van der Waals surface area contributed by atoms with Crippen LogP contribution in [-0.4, -0.2) is 4.57 Å². The molecule has 2 atom stereocenters. The van der Waals surface area contributed by atoms with Crippen LogP contribution in [0.4, 0.5) is 0 Å². The van der Waals surface area contributed by atoms with Crippen LogP contribution in [0.5, 0.6) is 0 Å². The summed E-state index contributed by atoms with van der Waals surface area (Å²) in [5.74, 6) is 0.973. The van der Waals surface area contributed by atoms with E-state index in [2.05, 4.69) is 36.0 Å². The van der Waals surface area contributed by atoms with E-state index in [1.165, 1.54) is 32.1 Å². The quantitative estimate of drug-likeness (QED) is 0.650. The highest BCUT2D eigenvalue weighted by Crippen LogP contribution is 2.33. The Hall–Kier alpha value is -0.720. The summed E-state index contributed by atoms with van der Waals surface area (Å²) in [6, 6.07) is 5.05.